The zero-order valence-corrected chi connectivity index (χ0v) is 23.8. The molecule has 0 bridgehead atoms. The summed E-state index contributed by atoms with van der Waals surface area (Å²) in [6, 6.07) is 7.13. The summed E-state index contributed by atoms with van der Waals surface area (Å²) in [4.78, 5) is 34.2. The molecule has 12 heteroatoms. The predicted molar refractivity (Wildman–Crippen MR) is 152 cm³/mol. The van der Waals surface area contributed by atoms with Crippen LogP contribution in [0.3, 0.4) is 0 Å². The smallest absolute Gasteiger partial charge is 0.407 e. The number of thiophene rings is 1. The molecule has 2 aliphatic heterocycles. The van der Waals surface area contributed by atoms with Crippen molar-refractivity contribution in [3.63, 3.8) is 0 Å². The van der Waals surface area contributed by atoms with E-state index < -0.39 is 12.1 Å². The van der Waals surface area contributed by atoms with Crippen molar-refractivity contribution in [2.45, 2.75) is 39.7 Å². The lowest BCUT2D eigenvalue weighted by Gasteiger charge is -2.33. The van der Waals surface area contributed by atoms with Gasteiger partial charge in [0.15, 0.2) is 5.82 Å². The fraction of sp³-hybridized carbons (Fsp3) is 0.444. The van der Waals surface area contributed by atoms with Gasteiger partial charge in [0.1, 0.15) is 16.9 Å². The summed E-state index contributed by atoms with van der Waals surface area (Å²) < 4.78 is 2.04. The number of rotatable bonds is 7. The summed E-state index contributed by atoms with van der Waals surface area (Å²) in [7, 11) is 0. The summed E-state index contributed by atoms with van der Waals surface area (Å²) in [6.07, 6.45) is 0.0708. The molecule has 1 aromatic carbocycles. The third kappa shape index (κ3) is 5.70. The Morgan fingerprint density at radius 1 is 1.10 bits per heavy atom. The van der Waals surface area contributed by atoms with Crippen molar-refractivity contribution in [2.24, 2.45) is 4.99 Å². The highest BCUT2D eigenvalue weighted by atomic mass is 35.5. The lowest BCUT2D eigenvalue weighted by molar-refractivity contribution is -0.121. The molecule has 1 atom stereocenters. The van der Waals surface area contributed by atoms with Gasteiger partial charge in [0.2, 0.25) is 5.91 Å². The van der Waals surface area contributed by atoms with Crippen LogP contribution in [-0.4, -0.2) is 86.7 Å². The molecule has 0 radical (unpaired) electrons. The highest BCUT2D eigenvalue weighted by Crippen LogP contribution is 2.39. The van der Waals surface area contributed by atoms with Crippen molar-refractivity contribution in [2.75, 3.05) is 39.3 Å². The average Bonchev–Trinajstić information content (AvgIpc) is 3.39. The molecule has 3 aromatic rings. The summed E-state index contributed by atoms with van der Waals surface area (Å²) >= 11 is 7.86. The van der Waals surface area contributed by atoms with Gasteiger partial charge in [-0.3, -0.25) is 19.3 Å². The Balaban J connectivity index is 1.32. The van der Waals surface area contributed by atoms with Crippen LogP contribution in [0.2, 0.25) is 5.02 Å². The molecule has 2 aliphatic rings. The van der Waals surface area contributed by atoms with E-state index >= 15 is 0 Å². The maximum Gasteiger partial charge on any atom is 0.407 e. The van der Waals surface area contributed by atoms with E-state index in [9.17, 15) is 9.59 Å². The molecule has 1 unspecified atom stereocenters. The summed E-state index contributed by atoms with van der Waals surface area (Å²) in [5, 5.41) is 22.6. The molecular weight excluding hydrogens is 538 g/mol. The summed E-state index contributed by atoms with van der Waals surface area (Å²) in [5.41, 5.74) is 3.95. The average molecular weight is 570 g/mol. The SMILES string of the molecule is Cc1sc2c(c1C)C(c1ccc(Cl)cc1)=NC(CC(=O)NCCCN1CCN(C(=O)O)CC1)c1nnc(C)n1-2. The second-order valence-electron chi connectivity index (χ2n) is 9.92. The fourth-order valence-corrected chi connectivity index (χ4v) is 6.41. The van der Waals surface area contributed by atoms with Gasteiger partial charge in [-0.1, -0.05) is 23.7 Å². The Labute approximate surface area is 236 Å². The maximum atomic E-state index is 13.1. The Kier molecular flexibility index (Phi) is 8.01. The second-order valence-corrected chi connectivity index (χ2v) is 11.6. The van der Waals surface area contributed by atoms with Crippen LogP contribution in [0.15, 0.2) is 29.3 Å². The van der Waals surface area contributed by atoms with Gasteiger partial charge in [-0.2, -0.15) is 0 Å². The number of aromatic nitrogens is 3. The first-order chi connectivity index (χ1) is 18.7. The lowest BCUT2D eigenvalue weighted by Crippen LogP contribution is -2.48. The van der Waals surface area contributed by atoms with Gasteiger partial charge in [-0.25, -0.2) is 4.79 Å². The Morgan fingerprint density at radius 2 is 1.82 bits per heavy atom. The molecule has 206 valence electrons. The Morgan fingerprint density at radius 3 is 2.51 bits per heavy atom. The first-order valence-corrected chi connectivity index (χ1v) is 14.3. The van der Waals surface area contributed by atoms with Gasteiger partial charge < -0.3 is 15.3 Å². The van der Waals surface area contributed by atoms with Gasteiger partial charge in [0, 0.05) is 53.8 Å². The molecule has 0 spiro atoms. The predicted octanol–water partition coefficient (Wildman–Crippen LogP) is 3.99. The third-order valence-corrected chi connectivity index (χ3v) is 8.80. The van der Waals surface area contributed by atoms with Crippen LogP contribution in [0, 0.1) is 20.8 Å². The minimum Gasteiger partial charge on any atom is -0.465 e. The molecule has 0 aliphatic carbocycles. The number of carbonyl (C=O) groups excluding carboxylic acids is 1. The number of aliphatic imine (C=N–C) groups is 1. The molecule has 10 nitrogen and oxygen atoms in total. The maximum absolute atomic E-state index is 13.1. The van der Waals surface area contributed by atoms with Crippen molar-refractivity contribution < 1.29 is 14.7 Å². The zero-order valence-electron chi connectivity index (χ0n) is 22.3. The first kappa shape index (κ1) is 27.3. The van der Waals surface area contributed by atoms with E-state index in [0.717, 1.165) is 46.2 Å². The fourth-order valence-electron chi connectivity index (χ4n) is 5.07. The van der Waals surface area contributed by atoms with Crippen molar-refractivity contribution in [3.05, 3.63) is 62.5 Å². The largest absolute Gasteiger partial charge is 0.465 e. The van der Waals surface area contributed by atoms with E-state index in [-0.39, 0.29) is 12.3 Å². The number of carbonyl (C=O) groups is 2. The standard InChI is InChI=1S/C27H32ClN7O3S/c1-16-17(2)39-26-23(16)24(19-5-7-20(28)8-6-19)30-21(25-32-31-18(3)35(25)26)15-22(36)29-9-4-10-33-11-13-34(14-12-33)27(37)38/h5-8,21H,4,9-15H2,1-3H3,(H,29,36)(H,37,38). The molecule has 1 fully saturated rings. The number of amides is 2. The zero-order chi connectivity index (χ0) is 27.7. The molecule has 2 amide bonds. The number of piperazine rings is 1. The first-order valence-electron chi connectivity index (χ1n) is 13.1. The van der Waals surface area contributed by atoms with Crippen LogP contribution in [0.5, 0.6) is 0 Å². The van der Waals surface area contributed by atoms with E-state index in [1.165, 1.54) is 9.78 Å². The second kappa shape index (κ2) is 11.4. The minimum atomic E-state index is -0.867. The highest BCUT2D eigenvalue weighted by molar-refractivity contribution is 7.15. The number of halogens is 1. The van der Waals surface area contributed by atoms with Crippen LogP contribution in [0.1, 0.15) is 52.1 Å². The van der Waals surface area contributed by atoms with Crippen molar-refractivity contribution in [1.82, 2.24) is 29.9 Å². The van der Waals surface area contributed by atoms with Crippen molar-refractivity contribution >= 4 is 40.6 Å². The number of carboxylic acid groups (broad SMARTS) is 1. The van der Waals surface area contributed by atoms with Crippen LogP contribution in [-0.2, 0) is 4.79 Å². The number of fused-ring (bicyclic) bond motifs is 3. The number of nitrogens with one attached hydrogen (secondary N) is 1. The highest BCUT2D eigenvalue weighted by Gasteiger charge is 2.32. The van der Waals surface area contributed by atoms with Gasteiger partial charge in [0.25, 0.3) is 0 Å². The topological polar surface area (TPSA) is 116 Å². The molecule has 4 heterocycles. The molecule has 0 saturated carbocycles. The van der Waals surface area contributed by atoms with Crippen LogP contribution in [0.4, 0.5) is 4.79 Å². The normalized spacial score (nSPS) is 17.3. The molecule has 39 heavy (non-hydrogen) atoms. The summed E-state index contributed by atoms with van der Waals surface area (Å²) in [5.74, 6) is 1.32. The Hall–Kier alpha value is -3.28. The lowest BCUT2D eigenvalue weighted by atomic mass is 9.99. The van der Waals surface area contributed by atoms with Crippen LogP contribution < -0.4 is 5.32 Å². The van der Waals surface area contributed by atoms with Gasteiger partial charge in [0.05, 0.1) is 12.1 Å². The van der Waals surface area contributed by atoms with E-state index in [4.69, 9.17) is 21.7 Å². The quantitative estimate of drug-likeness (QED) is 0.416. The van der Waals surface area contributed by atoms with Crippen molar-refractivity contribution in [1.29, 1.82) is 0 Å². The Bertz CT molecular complexity index is 1410. The van der Waals surface area contributed by atoms with E-state index in [1.807, 2.05) is 35.8 Å². The monoisotopic (exact) mass is 569 g/mol. The number of benzene rings is 1. The molecule has 2 N–H and O–H groups in total. The number of nitrogens with zero attached hydrogens (tertiary/aromatic N) is 6. The number of hydrogen-bond donors (Lipinski definition) is 2. The molecular formula is C27H32ClN7O3S. The molecule has 5 rings (SSSR count). The van der Waals surface area contributed by atoms with Gasteiger partial charge in [-0.15, -0.1) is 21.5 Å². The van der Waals surface area contributed by atoms with Crippen LogP contribution in [0.25, 0.3) is 5.00 Å². The molecule has 2 aromatic heterocycles. The van der Waals surface area contributed by atoms with E-state index in [1.54, 1.807) is 11.3 Å². The third-order valence-electron chi connectivity index (χ3n) is 7.35. The van der Waals surface area contributed by atoms with Crippen molar-refractivity contribution in [3.8, 4) is 5.00 Å². The van der Waals surface area contributed by atoms with Gasteiger partial charge in [-0.05, 0) is 51.4 Å². The molecule has 1 saturated heterocycles. The van der Waals surface area contributed by atoms with E-state index in [0.29, 0.717) is 43.6 Å². The van der Waals surface area contributed by atoms with Crippen LogP contribution >= 0.6 is 22.9 Å². The summed E-state index contributed by atoms with van der Waals surface area (Å²) in [6.45, 7) is 9.92. The van der Waals surface area contributed by atoms with E-state index in [2.05, 4.69) is 34.3 Å². The number of aryl methyl sites for hydroxylation is 2. The number of hydrogen-bond acceptors (Lipinski definition) is 7. The minimum absolute atomic E-state index is 0.0970. The van der Waals surface area contributed by atoms with Gasteiger partial charge >= 0.3 is 6.09 Å².